The molecule has 0 unspecified atom stereocenters. The van der Waals surface area contributed by atoms with Crippen LogP contribution in [0.4, 0.5) is 0 Å². The molecule has 2 aromatic rings. The number of hydrogen-bond donors (Lipinski definition) is 2. The first-order valence-electron chi connectivity index (χ1n) is 8.61. The van der Waals surface area contributed by atoms with Crippen LogP contribution >= 0.6 is 11.6 Å². The largest absolute Gasteiger partial charge is 0.490 e. The van der Waals surface area contributed by atoms with Crippen molar-refractivity contribution in [3.63, 3.8) is 0 Å². The normalized spacial score (nSPS) is 10.7. The number of hydrogen-bond acceptors (Lipinski definition) is 6. The Bertz CT molecular complexity index is 652. The average Bonchev–Trinajstić information content (AvgIpc) is 2.65. The molecule has 0 radical (unpaired) electrons. The number of aromatic nitrogens is 1. The molecule has 0 aliphatic heterocycles. The van der Waals surface area contributed by atoms with Crippen LogP contribution in [0.2, 0.25) is 5.15 Å². The molecule has 6 nitrogen and oxygen atoms in total. The van der Waals surface area contributed by atoms with E-state index < -0.39 is 0 Å². The highest BCUT2D eigenvalue weighted by Crippen LogP contribution is 2.29. The average molecular weight is 381 g/mol. The Hall–Kier alpha value is -1.86. The zero-order valence-electron chi connectivity index (χ0n) is 14.9. The number of nitrogens with zero attached hydrogens (tertiary/aromatic N) is 1. The molecule has 0 spiro atoms. The van der Waals surface area contributed by atoms with Crippen molar-refractivity contribution in [3.8, 4) is 11.5 Å². The molecule has 1 heterocycles. The van der Waals surface area contributed by atoms with E-state index in [0.717, 1.165) is 11.1 Å². The smallest absolute Gasteiger partial charge is 0.161 e. The molecule has 0 fully saturated rings. The maximum Gasteiger partial charge on any atom is 0.161 e. The number of ether oxygens (including phenoxy) is 3. The van der Waals surface area contributed by atoms with Crippen molar-refractivity contribution in [2.75, 3.05) is 33.0 Å². The Morgan fingerprint density at radius 2 is 1.92 bits per heavy atom. The molecule has 0 saturated carbocycles. The molecule has 2 rings (SSSR count). The molecule has 142 valence electrons. The van der Waals surface area contributed by atoms with Crippen molar-refractivity contribution in [1.29, 1.82) is 0 Å². The van der Waals surface area contributed by atoms with Gasteiger partial charge < -0.3 is 24.6 Å². The van der Waals surface area contributed by atoms with Gasteiger partial charge in [-0.1, -0.05) is 23.7 Å². The molecule has 26 heavy (non-hydrogen) atoms. The highest BCUT2D eigenvalue weighted by Gasteiger charge is 2.07. The van der Waals surface area contributed by atoms with Crippen LogP contribution in [0.1, 0.15) is 18.1 Å². The van der Waals surface area contributed by atoms with E-state index in [1.807, 2.05) is 31.2 Å². The van der Waals surface area contributed by atoms with Crippen LogP contribution in [-0.4, -0.2) is 43.1 Å². The minimum atomic E-state index is 0.0469. The van der Waals surface area contributed by atoms with E-state index >= 15 is 0 Å². The third kappa shape index (κ3) is 7.17. The van der Waals surface area contributed by atoms with Crippen LogP contribution in [0.15, 0.2) is 36.5 Å². The standard InChI is InChI=1S/C19H25ClN2O4/c1-2-25-18-11-15(12-21-7-9-24-10-8-23)3-5-17(18)26-14-16-4-6-19(20)22-13-16/h3-6,11,13,21,23H,2,7-10,12,14H2,1H3. The number of nitrogens with one attached hydrogen (secondary N) is 1. The number of rotatable bonds is 12. The summed E-state index contributed by atoms with van der Waals surface area (Å²) in [6, 6.07) is 9.50. The lowest BCUT2D eigenvalue weighted by Gasteiger charge is -2.14. The minimum Gasteiger partial charge on any atom is -0.490 e. The van der Waals surface area contributed by atoms with Crippen LogP contribution in [0.25, 0.3) is 0 Å². The van der Waals surface area contributed by atoms with Crippen molar-refractivity contribution in [1.82, 2.24) is 10.3 Å². The summed E-state index contributed by atoms with van der Waals surface area (Å²) < 4.78 is 16.8. The number of aliphatic hydroxyl groups is 1. The number of halogens is 1. The van der Waals surface area contributed by atoms with Crippen molar-refractivity contribution < 1.29 is 19.3 Å². The molecule has 1 aromatic carbocycles. The van der Waals surface area contributed by atoms with Crippen molar-refractivity contribution in [2.24, 2.45) is 0 Å². The lowest BCUT2D eigenvalue weighted by atomic mass is 10.2. The Morgan fingerprint density at radius 3 is 2.65 bits per heavy atom. The minimum absolute atomic E-state index is 0.0469. The van der Waals surface area contributed by atoms with E-state index in [0.29, 0.717) is 56.2 Å². The summed E-state index contributed by atoms with van der Waals surface area (Å²) in [4.78, 5) is 4.05. The topological polar surface area (TPSA) is 72.8 Å². The predicted molar refractivity (Wildman–Crippen MR) is 101 cm³/mol. The molecule has 0 atom stereocenters. The zero-order chi connectivity index (χ0) is 18.6. The summed E-state index contributed by atoms with van der Waals surface area (Å²) in [7, 11) is 0. The van der Waals surface area contributed by atoms with Gasteiger partial charge in [0.05, 0.1) is 26.4 Å². The van der Waals surface area contributed by atoms with Gasteiger partial charge >= 0.3 is 0 Å². The fourth-order valence-corrected chi connectivity index (χ4v) is 2.36. The molecule has 0 amide bonds. The van der Waals surface area contributed by atoms with Crippen LogP contribution in [0.3, 0.4) is 0 Å². The van der Waals surface area contributed by atoms with Crippen LogP contribution < -0.4 is 14.8 Å². The summed E-state index contributed by atoms with van der Waals surface area (Å²) in [5.41, 5.74) is 2.03. The fourth-order valence-electron chi connectivity index (χ4n) is 2.25. The van der Waals surface area contributed by atoms with Gasteiger partial charge in [-0.2, -0.15) is 0 Å². The Balaban J connectivity index is 1.89. The first-order chi connectivity index (χ1) is 12.7. The number of aliphatic hydroxyl groups excluding tert-OH is 1. The highest BCUT2D eigenvalue weighted by atomic mass is 35.5. The van der Waals surface area contributed by atoms with Crippen molar-refractivity contribution >= 4 is 11.6 Å². The molecule has 0 aliphatic rings. The third-order valence-electron chi connectivity index (χ3n) is 3.48. The summed E-state index contributed by atoms with van der Waals surface area (Å²) in [5, 5.41) is 12.4. The summed E-state index contributed by atoms with van der Waals surface area (Å²) in [5.74, 6) is 1.40. The second-order valence-corrected chi connectivity index (χ2v) is 5.89. The summed E-state index contributed by atoms with van der Waals surface area (Å²) in [6.07, 6.45) is 1.69. The zero-order valence-corrected chi connectivity index (χ0v) is 15.7. The van der Waals surface area contributed by atoms with Gasteiger partial charge in [0.2, 0.25) is 0 Å². The van der Waals surface area contributed by atoms with Gasteiger partial charge in [0, 0.05) is 24.8 Å². The second-order valence-electron chi connectivity index (χ2n) is 5.50. The van der Waals surface area contributed by atoms with Gasteiger partial charge in [0.1, 0.15) is 11.8 Å². The monoisotopic (exact) mass is 380 g/mol. The number of pyridine rings is 1. The summed E-state index contributed by atoms with van der Waals surface area (Å²) >= 11 is 5.79. The highest BCUT2D eigenvalue weighted by molar-refractivity contribution is 6.29. The van der Waals surface area contributed by atoms with E-state index in [-0.39, 0.29) is 6.61 Å². The van der Waals surface area contributed by atoms with Gasteiger partial charge in [-0.3, -0.25) is 0 Å². The van der Waals surface area contributed by atoms with Crippen LogP contribution in [-0.2, 0) is 17.9 Å². The molecule has 1 aromatic heterocycles. The van der Waals surface area contributed by atoms with E-state index in [1.165, 1.54) is 0 Å². The maximum atomic E-state index is 8.66. The SMILES string of the molecule is CCOc1cc(CNCCOCCO)ccc1OCc1ccc(Cl)nc1. The van der Waals surface area contributed by atoms with Crippen LogP contribution in [0, 0.1) is 0 Å². The molecule has 0 aliphatic carbocycles. The first-order valence-corrected chi connectivity index (χ1v) is 8.99. The Morgan fingerprint density at radius 1 is 1.08 bits per heavy atom. The molecule has 0 saturated heterocycles. The van der Waals surface area contributed by atoms with Gasteiger partial charge in [-0.15, -0.1) is 0 Å². The molecule has 2 N–H and O–H groups in total. The molecular weight excluding hydrogens is 356 g/mol. The molecule has 7 heteroatoms. The van der Waals surface area contributed by atoms with E-state index in [2.05, 4.69) is 10.3 Å². The van der Waals surface area contributed by atoms with Gasteiger partial charge in [0.15, 0.2) is 11.5 Å². The fraction of sp³-hybridized carbons (Fsp3) is 0.421. The van der Waals surface area contributed by atoms with Crippen molar-refractivity contribution in [2.45, 2.75) is 20.1 Å². The lowest BCUT2D eigenvalue weighted by molar-refractivity contribution is 0.0938. The Kier molecular flexibility index (Phi) is 9.20. The van der Waals surface area contributed by atoms with Crippen LogP contribution in [0.5, 0.6) is 11.5 Å². The van der Waals surface area contributed by atoms with Gasteiger partial charge in [-0.25, -0.2) is 4.98 Å². The second kappa shape index (κ2) is 11.7. The predicted octanol–water partition coefficient (Wildman–Crippen LogP) is 2.81. The summed E-state index contributed by atoms with van der Waals surface area (Å²) in [6.45, 7) is 5.28. The van der Waals surface area contributed by atoms with E-state index in [9.17, 15) is 0 Å². The maximum absolute atomic E-state index is 8.66. The van der Waals surface area contributed by atoms with Crippen molar-refractivity contribution in [3.05, 3.63) is 52.8 Å². The van der Waals surface area contributed by atoms with Gasteiger partial charge in [-0.05, 0) is 30.7 Å². The lowest BCUT2D eigenvalue weighted by Crippen LogP contribution is -2.20. The van der Waals surface area contributed by atoms with Gasteiger partial charge in [0.25, 0.3) is 0 Å². The molecule has 0 bridgehead atoms. The quantitative estimate of drug-likeness (QED) is 0.436. The third-order valence-corrected chi connectivity index (χ3v) is 3.70. The van der Waals surface area contributed by atoms with E-state index in [1.54, 1.807) is 12.3 Å². The first kappa shape index (κ1) is 20.5. The number of benzene rings is 1. The molecular formula is C19H25ClN2O4. The Labute approximate surface area is 159 Å². The van der Waals surface area contributed by atoms with E-state index in [4.69, 9.17) is 30.9 Å².